The molecule has 0 N–H and O–H groups in total. The van der Waals surface area contributed by atoms with Gasteiger partial charge in [0.15, 0.2) is 5.76 Å². The fraction of sp³-hybridized carbons (Fsp3) is 0.286. The van der Waals surface area contributed by atoms with E-state index in [2.05, 4.69) is 6.92 Å². The zero-order valence-corrected chi connectivity index (χ0v) is 7.30. The van der Waals surface area contributed by atoms with Gasteiger partial charge in [0.25, 0.3) is 0 Å². The summed E-state index contributed by atoms with van der Waals surface area (Å²) < 4.78 is 5.93. The van der Waals surface area contributed by atoms with Crippen LogP contribution in [0, 0.1) is 0 Å². The van der Waals surface area contributed by atoms with Crippen LogP contribution < -0.4 is 0 Å². The van der Waals surface area contributed by atoms with Gasteiger partial charge in [0.05, 0.1) is 6.26 Å². The first-order valence-electron chi connectivity index (χ1n) is 3.05. The van der Waals surface area contributed by atoms with Gasteiger partial charge in [0.2, 0.25) is 0 Å². The lowest BCUT2D eigenvalue weighted by molar-refractivity contribution is 0.561. The minimum absolute atomic E-state index is 0.807. The average molecular weight is 172 g/mol. The van der Waals surface area contributed by atoms with E-state index in [9.17, 15) is 0 Å². The fourth-order valence-corrected chi connectivity index (χ4v) is 1.59. The Labute approximate surface area is 69.8 Å². The Bertz CT molecular complexity index is 203. The maximum Gasteiger partial charge on any atom is 0.151 e. The van der Waals surface area contributed by atoms with Gasteiger partial charge in [-0.3, -0.25) is 0 Å². The first kappa shape index (κ1) is 7.82. The topological polar surface area (TPSA) is 13.1 Å². The predicted octanol–water partition coefficient (Wildman–Crippen LogP) is 2.71. The van der Waals surface area contributed by atoms with Crippen LogP contribution >= 0.6 is 24.0 Å². The normalized spacial score (nSPS) is 9.70. The van der Waals surface area contributed by atoms with Crippen molar-refractivity contribution < 1.29 is 4.42 Å². The van der Waals surface area contributed by atoms with E-state index in [4.69, 9.17) is 16.6 Å². The van der Waals surface area contributed by atoms with E-state index >= 15 is 0 Å². The third kappa shape index (κ3) is 1.85. The number of furan rings is 1. The molecule has 0 aliphatic rings. The molecule has 0 bridgehead atoms. The van der Waals surface area contributed by atoms with Gasteiger partial charge in [0, 0.05) is 0 Å². The van der Waals surface area contributed by atoms with Gasteiger partial charge < -0.3 is 4.42 Å². The lowest BCUT2D eigenvalue weighted by Crippen LogP contribution is -1.87. The van der Waals surface area contributed by atoms with E-state index in [1.807, 2.05) is 12.1 Å². The van der Waals surface area contributed by atoms with Crippen LogP contribution in [0.2, 0.25) is 0 Å². The van der Waals surface area contributed by atoms with E-state index < -0.39 is 0 Å². The molecule has 1 aromatic rings. The molecule has 3 heteroatoms. The molecule has 1 heterocycles. The van der Waals surface area contributed by atoms with Gasteiger partial charge in [-0.15, -0.1) is 11.8 Å². The average Bonchev–Trinajstić information content (AvgIpc) is 2.38. The summed E-state index contributed by atoms with van der Waals surface area (Å²) in [5.41, 5.74) is 0. The van der Waals surface area contributed by atoms with Crippen molar-refractivity contribution in [2.45, 2.75) is 6.92 Å². The minimum Gasteiger partial charge on any atom is -0.463 e. The molecule has 0 fully saturated rings. The molecule has 0 amide bonds. The third-order valence-electron chi connectivity index (χ3n) is 0.998. The van der Waals surface area contributed by atoms with E-state index in [-0.39, 0.29) is 0 Å². The van der Waals surface area contributed by atoms with Gasteiger partial charge in [-0.2, -0.15) is 0 Å². The minimum atomic E-state index is 0.807. The molecule has 0 radical (unpaired) electrons. The lowest BCUT2D eigenvalue weighted by Gasteiger charge is -1.93. The van der Waals surface area contributed by atoms with Crippen LogP contribution in [0.5, 0.6) is 0 Å². The van der Waals surface area contributed by atoms with Gasteiger partial charge in [-0.1, -0.05) is 19.1 Å². The summed E-state index contributed by atoms with van der Waals surface area (Å²) in [7, 11) is 0. The maximum absolute atomic E-state index is 5.09. The molecule has 0 atom stereocenters. The summed E-state index contributed by atoms with van der Waals surface area (Å²) in [5, 5.41) is 0. The second-order valence-corrected chi connectivity index (χ2v) is 3.64. The van der Waals surface area contributed by atoms with Gasteiger partial charge >= 0.3 is 0 Å². The highest BCUT2D eigenvalue weighted by Gasteiger charge is 2.01. The van der Waals surface area contributed by atoms with E-state index in [0.717, 1.165) is 15.7 Å². The zero-order valence-electron chi connectivity index (χ0n) is 5.66. The Morgan fingerprint density at radius 2 is 2.60 bits per heavy atom. The SMILES string of the molecule is CCSC(=S)c1ccco1. The van der Waals surface area contributed by atoms with E-state index in [1.54, 1.807) is 18.0 Å². The number of thioether (sulfide) groups is 1. The van der Waals surface area contributed by atoms with Crippen LogP contribution in [0.25, 0.3) is 0 Å². The molecule has 54 valence electrons. The monoisotopic (exact) mass is 172 g/mol. The molecule has 10 heavy (non-hydrogen) atoms. The summed E-state index contributed by atoms with van der Waals surface area (Å²) in [4.78, 5) is 0. The largest absolute Gasteiger partial charge is 0.463 e. The highest BCUT2D eigenvalue weighted by atomic mass is 32.2. The Hall–Kier alpha value is -0.280. The van der Waals surface area contributed by atoms with Crippen LogP contribution in [-0.4, -0.2) is 9.95 Å². The number of rotatable bonds is 2. The molecule has 0 aliphatic carbocycles. The van der Waals surface area contributed by atoms with Crippen molar-refractivity contribution in [3.63, 3.8) is 0 Å². The highest BCUT2D eigenvalue weighted by Crippen LogP contribution is 2.13. The van der Waals surface area contributed by atoms with Crippen LogP contribution in [0.15, 0.2) is 22.8 Å². The van der Waals surface area contributed by atoms with Gasteiger partial charge in [-0.25, -0.2) is 0 Å². The molecule has 0 spiro atoms. The summed E-state index contributed by atoms with van der Waals surface area (Å²) in [6, 6.07) is 3.73. The zero-order chi connectivity index (χ0) is 7.40. The van der Waals surface area contributed by atoms with Crippen LogP contribution in [0.4, 0.5) is 0 Å². The van der Waals surface area contributed by atoms with Crippen LogP contribution in [-0.2, 0) is 0 Å². The Morgan fingerprint density at radius 1 is 1.80 bits per heavy atom. The lowest BCUT2D eigenvalue weighted by atomic mass is 10.5. The predicted molar refractivity (Wildman–Crippen MR) is 48.5 cm³/mol. The molecule has 1 nitrogen and oxygen atoms in total. The number of thiocarbonyl (C=S) groups is 1. The Kier molecular flexibility index (Phi) is 2.96. The molecule has 0 aliphatic heterocycles. The fourth-order valence-electron chi connectivity index (χ4n) is 0.597. The van der Waals surface area contributed by atoms with Crippen molar-refractivity contribution in [3.05, 3.63) is 24.2 Å². The summed E-state index contributed by atoms with van der Waals surface area (Å²) >= 11 is 6.67. The van der Waals surface area contributed by atoms with Crippen molar-refractivity contribution >= 4 is 28.2 Å². The van der Waals surface area contributed by atoms with Crippen LogP contribution in [0.3, 0.4) is 0 Å². The first-order chi connectivity index (χ1) is 4.84. The molecule has 0 saturated heterocycles. The van der Waals surface area contributed by atoms with Crippen molar-refractivity contribution in [1.82, 2.24) is 0 Å². The van der Waals surface area contributed by atoms with Crippen molar-refractivity contribution in [2.24, 2.45) is 0 Å². The molecule has 0 saturated carbocycles. The molecule has 1 aromatic heterocycles. The smallest absolute Gasteiger partial charge is 0.151 e. The van der Waals surface area contributed by atoms with Crippen molar-refractivity contribution in [1.29, 1.82) is 0 Å². The maximum atomic E-state index is 5.09. The molecule has 0 aromatic carbocycles. The molecule has 1 rings (SSSR count). The molecular formula is C7H8OS2. The number of hydrogen-bond acceptors (Lipinski definition) is 3. The summed E-state index contributed by atoms with van der Waals surface area (Å²) in [6.07, 6.45) is 1.64. The molecule has 0 unspecified atom stereocenters. The third-order valence-corrected chi connectivity index (χ3v) is 2.30. The second-order valence-electron chi connectivity index (χ2n) is 1.70. The number of hydrogen-bond donors (Lipinski definition) is 0. The van der Waals surface area contributed by atoms with E-state index in [0.29, 0.717) is 0 Å². The summed E-state index contributed by atoms with van der Waals surface area (Å²) in [6.45, 7) is 2.07. The first-order valence-corrected chi connectivity index (χ1v) is 4.44. The Balaban J connectivity index is 2.59. The second kappa shape index (κ2) is 3.78. The van der Waals surface area contributed by atoms with E-state index in [1.165, 1.54) is 0 Å². The summed E-state index contributed by atoms with van der Waals surface area (Å²) in [5.74, 6) is 1.81. The molecular weight excluding hydrogens is 164 g/mol. The Morgan fingerprint density at radius 3 is 3.10 bits per heavy atom. The van der Waals surface area contributed by atoms with Crippen LogP contribution in [0.1, 0.15) is 12.7 Å². The highest BCUT2D eigenvalue weighted by molar-refractivity contribution is 8.23. The van der Waals surface area contributed by atoms with Crippen molar-refractivity contribution in [3.8, 4) is 0 Å². The van der Waals surface area contributed by atoms with Gasteiger partial charge in [0.1, 0.15) is 4.20 Å². The standard InChI is InChI=1S/C7H8OS2/c1-2-10-7(9)6-4-3-5-8-6/h3-5H,2H2,1H3. The quantitative estimate of drug-likeness (QED) is 0.637. The van der Waals surface area contributed by atoms with Crippen molar-refractivity contribution in [2.75, 3.05) is 5.75 Å². The van der Waals surface area contributed by atoms with Gasteiger partial charge in [-0.05, 0) is 17.9 Å².